The molecule has 1 heterocycles. The lowest BCUT2D eigenvalue weighted by molar-refractivity contribution is 0.0678. The van der Waals surface area contributed by atoms with E-state index >= 15 is 0 Å². The van der Waals surface area contributed by atoms with Crippen molar-refractivity contribution in [2.45, 2.75) is 12.8 Å². The Bertz CT molecular complexity index is 483. The number of nitrogens with zero attached hydrogens (tertiary/aromatic N) is 2. The van der Waals surface area contributed by atoms with Crippen molar-refractivity contribution >= 4 is 17.5 Å². The van der Waals surface area contributed by atoms with Gasteiger partial charge in [-0.3, -0.25) is 4.79 Å². The van der Waals surface area contributed by atoms with E-state index in [2.05, 4.69) is 19.0 Å². The first kappa shape index (κ1) is 15.1. The molecule has 1 N–H and O–H groups in total. The Morgan fingerprint density at radius 1 is 1.40 bits per heavy atom. The number of benzene rings is 1. The number of halogens is 1. The summed E-state index contributed by atoms with van der Waals surface area (Å²) in [6.45, 7) is 2.57. The molecule has 20 heavy (non-hydrogen) atoms. The molecule has 1 aliphatic rings. The van der Waals surface area contributed by atoms with Crippen LogP contribution in [-0.2, 0) is 0 Å². The number of rotatable bonds is 3. The van der Waals surface area contributed by atoms with E-state index in [0.717, 1.165) is 32.5 Å². The average Bonchev–Trinajstić information content (AvgIpc) is 2.41. The minimum Gasteiger partial charge on any atom is -0.508 e. The van der Waals surface area contributed by atoms with Crippen LogP contribution >= 0.6 is 11.6 Å². The first-order chi connectivity index (χ1) is 9.47. The third-order valence-corrected chi connectivity index (χ3v) is 4.04. The Morgan fingerprint density at radius 2 is 2.05 bits per heavy atom. The van der Waals surface area contributed by atoms with Gasteiger partial charge < -0.3 is 14.9 Å². The van der Waals surface area contributed by atoms with E-state index in [4.69, 9.17) is 11.6 Å². The van der Waals surface area contributed by atoms with Crippen molar-refractivity contribution in [3.63, 3.8) is 0 Å². The highest BCUT2D eigenvalue weighted by molar-refractivity contribution is 6.33. The van der Waals surface area contributed by atoms with Gasteiger partial charge in [0.1, 0.15) is 5.75 Å². The maximum absolute atomic E-state index is 12.4. The van der Waals surface area contributed by atoms with Gasteiger partial charge in [0.2, 0.25) is 0 Å². The van der Waals surface area contributed by atoms with E-state index in [-0.39, 0.29) is 11.7 Å². The van der Waals surface area contributed by atoms with E-state index in [0.29, 0.717) is 16.5 Å². The van der Waals surface area contributed by atoms with Gasteiger partial charge in [0.05, 0.1) is 10.6 Å². The zero-order chi connectivity index (χ0) is 14.7. The second-order valence-electron chi connectivity index (χ2n) is 5.66. The third kappa shape index (κ3) is 3.64. The topological polar surface area (TPSA) is 43.8 Å². The van der Waals surface area contributed by atoms with E-state index in [1.807, 2.05) is 4.90 Å². The van der Waals surface area contributed by atoms with Crippen molar-refractivity contribution in [1.29, 1.82) is 0 Å². The number of hydrogen-bond donors (Lipinski definition) is 1. The van der Waals surface area contributed by atoms with Crippen LogP contribution in [0.5, 0.6) is 5.75 Å². The molecule has 0 atom stereocenters. The molecule has 1 saturated heterocycles. The van der Waals surface area contributed by atoms with Crippen LogP contribution in [0, 0.1) is 5.92 Å². The molecule has 4 nitrogen and oxygen atoms in total. The molecule has 110 valence electrons. The van der Waals surface area contributed by atoms with Crippen molar-refractivity contribution in [3.8, 4) is 5.75 Å². The summed E-state index contributed by atoms with van der Waals surface area (Å²) in [5, 5.41) is 9.88. The van der Waals surface area contributed by atoms with Gasteiger partial charge in [-0.15, -0.1) is 0 Å². The van der Waals surface area contributed by atoms with Crippen molar-refractivity contribution in [3.05, 3.63) is 28.8 Å². The summed E-state index contributed by atoms with van der Waals surface area (Å²) >= 11 is 6.04. The molecular weight excluding hydrogens is 276 g/mol. The Hall–Kier alpha value is -1.26. The zero-order valence-corrected chi connectivity index (χ0v) is 12.7. The van der Waals surface area contributed by atoms with Crippen LogP contribution in [0.15, 0.2) is 18.2 Å². The molecule has 0 saturated carbocycles. The molecule has 0 bridgehead atoms. The van der Waals surface area contributed by atoms with Crippen molar-refractivity contribution in [2.75, 3.05) is 33.7 Å². The lowest BCUT2D eigenvalue weighted by Crippen LogP contribution is -2.40. The molecule has 0 aromatic heterocycles. The molecular formula is C15H21ClN2O2. The highest BCUT2D eigenvalue weighted by atomic mass is 35.5. The number of hydrogen-bond acceptors (Lipinski definition) is 3. The molecule has 5 heteroatoms. The second-order valence-corrected chi connectivity index (χ2v) is 6.07. The summed E-state index contributed by atoms with van der Waals surface area (Å²) in [4.78, 5) is 16.4. The predicted octanol–water partition coefficient (Wildman–Crippen LogP) is 2.46. The van der Waals surface area contributed by atoms with Gasteiger partial charge in [-0.05, 0) is 51.1 Å². The Morgan fingerprint density at radius 3 is 2.65 bits per heavy atom. The van der Waals surface area contributed by atoms with Crippen molar-refractivity contribution in [1.82, 2.24) is 9.80 Å². The fraction of sp³-hybridized carbons (Fsp3) is 0.533. The number of carbonyl (C=O) groups is 1. The molecule has 0 radical (unpaired) electrons. The summed E-state index contributed by atoms with van der Waals surface area (Å²) in [7, 11) is 4.15. The van der Waals surface area contributed by atoms with E-state index in [9.17, 15) is 9.90 Å². The zero-order valence-electron chi connectivity index (χ0n) is 12.0. The number of aromatic hydroxyl groups is 1. The quantitative estimate of drug-likeness (QED) is 0.932. The van der Waals surface area contributed by atoms with Crippen LogP contribution < -0.4 is 0 Å². The SMILES string of the molecule is CN(C)CC1CCN(C(=O)c2cc(O)ccc2Cl)CC1. The number of amides is 1. The number of piperidine rings is 1. The van der Waals surface area contributed by atoms with Gasteiger partial charge in [-0.25, -0.2) is 0 Å². The van der Waals surface area contributed by atoms with Crippen LogP contribution in [0.3, 0.4) is 0 Å². The lowest BCUT2D eigenvalue weighted by atomic mass is 9.96. The van der Waals surface area contributed by atoms with Gasteiger partial charge in [0.25, 0.3) is 5.91 Å². The number of phenolic OH excluding ortho intramolecular Hbond substituents is 1. The van der Waals surface area contributed by atoms with Gasteiger partial charge in [0, 0.05) is 19.6 Å². The summed E-state index contributed by atoms with van der Waals surface area (Å²) in [5.41, 5.74) is 0.387. The Labute approximate surface area is 124 Å². The Balaban J connectivity index is 2.00. The average molecular weight is 297 g/mol. The van der Waals surface area contributed by atoms with E-state index < -0.39 is 0 Å². The molecule has 1 aromatic rings. The summed E-state index contributed by atoms with van der Waals surface area (Å²) in [5.74, 6) is 0.628. The smallest absolute Gasteiger partial charge is 0.255 e. The monoisotopic (exact) mass is 296 g/mol. The number of phenols is 1. The first-order valence-electron chi connectivity index (χ1n) is 6.90. The van der Waals surface area contributed by atoms with Gasteiger partial charge in [-0.2, -0.15) is 0 Å². The van der Waals surface area contributed by atoms with Gasteiger partial charge in [-0.1, -0.05) is 11.6 Å². The minimum atomic E-state index is -0.0887. The molecule has 0 spiro atoms. The maximum atomic E-state index is 12.4. The molecule has 0 unspecified atom stereocenters. The summed E-state index contributed by atoms with van der Waals surface area (Å²) in [6.07, 6.45) is 2.03. The van der Waals surface area contributed by atoms with E-state index in [1.165, 1.54) is 12.1 Å². The Kier molecular flexibility index (Phi) is 4.89. The van der Waals surface area contributed by atoms with Crippen LogP contribution in [-0.4, -0.2) is 54.5 Å². The number of carbonyl (C=O) groups excluding carboxylic acids is 1. The molecule has 1 aromatic carbocycles. The van der Waals surface area contributed by atoms with E-state index in [1.54, 1.807) is 6.07 Å². The maximum Gasteiger partial charge on any atom is 0.255 e. The fourth-order valence-corrected chi connectivity index (χ4v) is 2.88. The lowest BCUT2D eigenvalue weighted by Gasteiger charge is -2.33. The largest absolute Gasteiger partial charge is 0.508 e. The molecule has 0 aliphatic carbocycles. The highest BCUT2D eigenvalue weighted by Gasteiger charge is 2.25. The number of likely N-dealkylation sites (tertiary alicyclic amines) is 1. The van der Waals surface area contributed by atoms with Gasteiger partial charge >= 0.3 is 0 Å². The van der Waals surface area contributed by atoms with Crippen molar-refractivity contribution < 1.29 is 9.90 Å². The van der Waals surface area contributed by atoms with Gasteiger partial charge in [0.15, 0.2) is 0 Å². The fourth-order valence-electron chi connectivity index (χ4n) is 2.68. The standard InChI is InChI=1S/C15H21ClN2O2/c1-17(2)10-11-5-7-18(8-6-11)15(20)13-9-12(19)3-4-14(13)16/h3-4,9,11,19H,5-8,10H2,1-2H3. The predicted molar refractivity (Wildman–Crippen MR) is 80.3 cm³/mol. The third-order valence-electron chi connectivity index (χ3n) is 3.71. The molecule has 1 aliphatic heterocycles. The molecule has 2 rings (SSSR count). The normalized spacial score (nSPS) is 16.7. The van der Waals surface area contributed by atoms with Crippen LogP contribution in [0.4, 0.5) is 0 Å². The van der Waals surface area contributed by atoms with Crippen molar-refractivity contribution in [2.24, 2.45) is 5.92 Å². The molecule has 1 fully saturated rings. The first-order valence-corrected chi connectivity index (χ1v) is 7.27. The van der Waals surface area contributed by atoms with Crippen LogP contribution in [0.1, 0.15) is 23.2 Å². The van der Waals surface area contributed by atoms with Crippen LogP contribution in [0.2, 0.25) is 5.02 Å². The highest BCUT2D eigenvalue weighted by Crippen LogP contribution is 2.25. The summed E-state index contributed by atoms with van der Waals surface area (Å²) < 4.78 is 0. The molecule has 1 amide bonds. The van der Waals surface area contributed by atoms with Crippen LogP contribution in [0.25, 0.3) is 0 Å². The summed E-state index contributed by atoms with van der Waals surface area (Å²) in [6, 6.07) is 4.49. The minimum absolute atomic E-state index is 0.0697. The second kappa shape index (κ2) is 6.46.